The highest BCUT2D eigenvalue weighted by Gasteiger charge is 2.53. The number of rotatable bonds is 5. The molecular formula is C18H22ClNO3. The van der Waals surface area contributed by atoms with E-state index in [1.165, 1.54) is 0 Å². The fraction of sp³-hybridized carbons (Fsp3) is 0.556. The maximum Gasteiger partial charge on any atom is 0.303 e. The first kappa shape index (κ1) is 16.3. The normalized spacial score (nSPS) is 22.7. The summed E-state index contributed by atoms with van der Waals surface area (Å²) in [6, 6.07) is 7.60. The maximum absolute atomic E-state index is 13.0. The Labute approximate surface area is 141 Å². The number of amides is 1. The van der Waals surface area contributed by atoms with Crippen molar-refractivity contribution in [2.24, 2.45) is 5.92 Å². The van der Waals surface area contributed by atoms with Crippen molar-refractivity contribution in [3.63, 3.8) is 0 Å². The van der Waals surface area contributed by atoms with Crippen LogP contribution in [-0.2, 0) is 15.0 Å². The molecule has 1 aliphatic carbocycles. The van der Waals surface area contributed by atoms with Gasteiger partial charge in [-0.05, 0) is 55.7 Å². The number of halogens is 1. The summed E-state index contributed by atoms with van der Waals surface area (Å²) >= 11 is 5.95. The predicted octanol–water partition coefficient (Wildman–Crippen LogP) is 3.48. The van der Waals surface area contributed by atoms with Crippen LogP contribution in [0.2, 0.25) is 5.02 Å². The molecule has 2 aliphatic rings. The second-order valence-corrected chi connectivity index (χ2v) is 7.22. The van der Waals surface area contributed by atoms with Crippen molar-refractivity contribution in [3.05, 3.63) is 34.9 Å². The Bertz CT molecular complexity index is 595. The molecule has 0 bridgehead atoms. The summed E-state index contributed by atoms with van der Waals surface area (Å²) in [5.41, 5.74) is 0.693. The van der Waals surface area contributed by atoms with Crippen LogP contribution < -0.4 is 0 Å². The summed E-state index contributed by atoms with van der Waals surface area (Å²) in [6.45, 7) is 1.49. The monoisotopic (exact) mass is 335 g/mol. The number of nitrogens with zero attached hydrogens (tertiary/aromatic N) is 1. The third kappa shape index (κ3) is 3.52. The van der Waals surface area contributed by atoms with Gasteiger partial charge < -0.3 is 10.0 Å². The molecule has 3 rings (SSSR count). The topological polar surface area (TPSA) is 57.6 Å². The van der Waals surface area contributed by atoms with Gasteiger partial charge in [0.2, 0.25) is 5.91 Å². The summed E-state index contributed by atoms with van der Waals surface area (Å²) < 4.78 is 0. The van der Waals surface area contributed by atoms with Gasteiger partial charge in [-0.3, -0.25) is 9.59 Å². The Balaban J connectivity index is 1.67. The molecule has 0 spiro atoms. The molecule has 23 heavy (non-hydrogen) atoms. The highest BCUT2D eigenvalue weighted by atomic mass is 35.5. The molecule has 5 heteroatoms. The lowest BCUT2D eigenvalue weighted by Gasteiger charge is -2.35. The van der Waals surface area contributed by atoms with Crippen molar-refractivity contribution < 1.29 is 14.7 Å². The largest absolute Gasteiger partial charge is 0.481 e. The number of hydrogen-bond donors (Lipinski definition) is 1. The first-order valence-electron chi connectivity index (χ1n) is 8.28. The molecule has 1 N–H and O–H groups in total. The average molecular weight is 336 g/mol. The predicted molar refractivity (Wildman–Crippen MR) is 88.5 cm³/mol. The van der Waals surface area contributed by atoms with Gasteiger partial charge in [-0.15, -0.1) is 0 Å². The second-order valence-electron chi connectivity index (χ2n) is 6.78. The van der Waals surface area contributed by atoms with E-state index in [1.807, 2.05) is 29.2 Å². The van der Waals surface area contributed by atoms with E-state index in [0.29, 0.717) is 23.9 Å². The first-order valence-corrected chi connectivity index (χ1v) is 8.66. The van der Waals surface area contributed by atoms with Crippen LogP contribution >= 0.6 is 11.6 Å². The minimum absolute atomic E-state index is 0.190. The van der Waals surface area contributed by atoms with Gasteiger partial charge in [0, 0.05) is 24.5 Å². The summed E-state index contributed by atoms with van der Waals surface area (Å²) in [7, 11) is 0. The van der Waals surface area contributed by atoms with Gasteiger partial charge >= 0.3 is 5.97 Å². The first-order chi connectivity index (χ1) is 11.0. The number of carboxylic acid groups (broad SMARTS) is 1. The molecule has 1 amide bonds. The minimum atomic E-state index is -0.756. The van der Waals surface area contributed by atoms with E-state index in [9.17, 15) is 9.59 Å². The Morgan fingerprint density at radius 3 is 2.57 bits per heavy atom. The van der Waals surface area contributed by atoms with Gasteiger partial charge in [-0.1, -0.05) is 23.7 Å². The Morgan fingerprint density at radius 1 is 1.26 bits per heavy atom. The number of piperidine rings is 1. The lowest BCUT2D eigenvalue weighted by molar-refractivity contribution is -0.137. The van der Waals surface area contributed by atoms with Gasteiger partial charge in [0.05, 0.1) is 5.41 Å². The van der Waals surface area contributed by atoms with Gasteiger partial charge in [0.15, 0.2) is 0 Å². The van der Waals surface area contributed by atoms with Crippen LogP contribution in [0.15, 0.2) is 24.3 Å². The van der Waals surface area contributed by atoms with Crippen LogP contribution in [-0.4, -0.2) is 35.0 Å². The zero-order chi connectivity index (χ0) is 16.4. The van der Waals surface area contributed by atoms with Crippen LogP contribution in [0.5, 0.6) is 0 Å². The molecule has 0 radical (unpaired) electrons. The third-order valence-electron chi connectivity index (χ3n) is 5.13. The standard InChI is InChI=1S/C18H22ClNO3/c19-15-6-4-14(5-7-15)18(9-10-18)17(23)20-11-1-2-13(12-20)3-8-16(21)22/h4-7,13H,1-3,8-12H2,(H,21,22)/t13-/m1/s1. The molecule has 1 saturated heterocycles. The molecule has 124 valence electrons. The van der Waals surface area contributed by atoms with Gasteiger partial charge in [-0.25, -0.2) is 0 Å². The molecule has 1 atom stereocenters. The number of aliphatic carboxylic acids is 1. The SMILES string of the molecule is O=C(O)CC[C@H]1CCCN(C(=O)C2(c3ccc(Cl)cc3)CC2)C1. The second kappa shape index (κ2) is 6.52. The molecule has 1 heterocycles. The van der Waals surface area contributed by atoms with E-state index in [0.717, 1.165) is 37.8 Å². The van der Waals surface area contributed by atoms with E-state index in [4.69, 9.17) is 16.7 Å². The maximum atomic E-state index is 13.0. The van der Waals surface area contributed by atoms with Crippen molar-refractivity contribution in [1.29, 1.82) is 0 Å². The lowest BCUT2D eigenvalue weighted by Crippen LogP contribution is -2.45. The fourth-order valence-corrected chi connectivity index (χ4v) is 3.76. The highest BCUT2D eigenvalue weighted by Crippen LogP contribution is 2.50. The van der Waals surface area contributed by atoms with Crippen LogP contribution in [0, 0.1) is 5.92 Å². The summed E-state index contributed by atoms with van der Waals surface area (Å²) in [4.78, 5) is 25.7. The number of likely N-dealkylation sites (tertiary alicyclic amines) is 1. The number of carbonyl (C=O) groups excluding carboxylic acids is 1. The summed E-state index contributed by atoms with van der Waals surface area (Å²) in [6.07, 6.45) is 4.62. The molecule has 0 unspecified atom stereocenters. The molecule has 4 nitrogen and oxygen atoms in total. The van der Waals surface area contributed by atoms with Crippen LogP contribution in [0.1, 0.15) is 44.1 Å². The van der Waals surface area contributed by atoms with Crippen molar-refractivity contribution in [3.8, 4) is 0 Å². The molecule has 1 aromatic carbocycles. The lowest BCUT2D eigenvalue weighted by atomic mass is 9.89. The van der Waals surface area contributed by atoms with Crippen molar-refractivity contribution >= 4 is 23.5 Å². The average Bonchev–Trinajstić information content (AvgIpc) is 3.35. The number of carbonyl (C=O) groups is 2. The summed E-state index contributed by atoms with van der Waals surface area (Å²) in [5, 5.41) is 9.52. The van der Waals surface area contributed by atoms with Crippen molar-refractivity contribution in [2.45, 2.75) is 43.9 Å². The zero-order valence-corrected chi connectivity index (χ0v) is 13.9. The Kier molecular flexibility index (Phi) is 4.62. The number of hydrogen-bond acceptors (Lipinski definition) is 2. The van der Waals surface area contributed by atoms with E-state index >= 15 is 0 Å². The molecule has 2 fully saturated rings. The Morgan fingerprint density at radius 2 is 1.96 bits per heavy atom. The molecule has 1 saturated carbocycles. The number of benzene rings is 1. The van der Waals surface area contributed by atoms with Crippen LogP contribution in [0.4, 0.5) is 0 Å². The minimum Gasteiger partial charge on any atom is -0.481 e. The molecular weight excluding hydrogens is 314 g/mol. The third-order valence-corrected chi connectivity index (χ3v) is 5.38. The van der Waals surface area contributed by atoms with Gasteiger partial charge in [-0.2, -0.15) is 0 Å². The fourth-order valence-electron chi connectivity index (χ4n) is 3.64. The van der Waals surface area contributed by atoms with Crippen LogP contribution in [0.3, 0.4) is 0 Å². The molecule has 1 aromatic rings. The number of carboxylic acids is 1. The summed E-state index contributed by atoms with van der Waals surface area (Å²) in [5.74, 6) is -0.238. The quantitative estimate of drug-likeness (QED) is 0.896. The molecule has 0 aromatic heterocycles. The van der Waals surface area contributed by atoms with Crippen LogP contribution in [0.25, 0.3) is 0 Å². The zero-order valence-electron chi connectivity index (χ0n) is 13.1. The van der Waals surface area contributed by atoms with Crippen molar-refractivity contribution in [1.82, 2.24) is 4.90 Å². The van der Waals surface area contributed by atoms with Gasteiger partial charge in [0.25, 0.3) is 0 Å². The smallest absolute Gasteiger partial charge is 0.303 e. The van der Waals surface area contributed by atoms with E-state index in [2.05, 4.69) is 0 Å². The highest BCUT2D eigenvalue weighted by molar-refractivity contribution is 6.30. The van der Waals surface area contributed by atoms with Gasteiger partial charge in [0.1, 0.15) is 0 Å². The van der Waals surface area contributed by atoms with E-state index in [-0.39, 0.29) is 17.7 Å². The van der Waals surface area contributed by atoms with Crippen molar-refractivity contribution in [2.75, 3.05) is 13.1 Å². The molecule has 1 aliphatic heterocycles. The van der Waals surface area contributed by atoms with E-state index < -0.39 is 5.97 Å². The Hall–Kier alpha value is -1.55. The van der Waals surface area contributed by atoms with E-state index in [1.54, 1.807) is 0 Å².